The first-order valence-electron chi connectivity index (χ1n) is 9.52. The van der Waals surface area contributed by atoms with E-state index < -0.39 is 0 Å². The molecular formula is C21H23N3O3. The largest absolute Gasteiger partial charge is 0.484 e. The molecule has 3 atom stereocenters. The van der Waals surface area contributed by atoms with Crippen LogP contribution in [0.3, 0.4) is 0 Å². The molecule has 0 radical (unpaired) electrons. The van der Waals surface area contributed by atoms with E-state index in [0.717, 1.165) is 31.6 Å². The lowest BCUT2D eigenvalue weighted by Crippen LogP contribution is -2.47. The molecular weight excluding hydrogens is 342 g/mol. The minimum atomic E-state index is -0.131. The first-order chi connectivity index (χ1) is 13.2. The number of amides is 1. The van der Waals surface area contributed by atoms with Crippen molar-refractivity contribution in [1.29, 1.82) is 0 Å². The summed E-state index contributed by atoms with van der Waals surface area (Å²) in [4.78, 5) is 20.4. The number of nitrogens with zero attached hydrogens (tertiary/aromatic N) is 3. The molecule has 140 valence electrons. The van der Waals surface area contributed by atoms with Crippen LogP contribution < -0.4 is 9.47 Å². The molecule has 3 aliphatic heterocycles. The zero-order valence-corrected chi connectivity index (χ0v) is 15.4. The van der Waals surface area contributed by atoms with Crippen molar-refractivity contribution in [2.45, 2.75) is 38.1 Å². The Bertz CT molecular complexity index is 854. The van der Waals surface area contributed by atoms with Gasteiger partial charge in [-0.2, -0.15) is 0 Å². The van der Waals surface area contributed by atoms with Crippen LogP contribution in [0.5, 0.6) is 11.6 Å². The number of benzene rings is 1. The molecule has 6 heteroatoms. The number of hydrogen-bond acceptors (Lipinski definition) is 5. The Kier molecular flexibility index (Phi) is 4.01. The average Bonchev–Trinajstić information content (AvgIpc) is 3.29. The van der Waals surface area contributed by atoms with Gasteiger partial charge in [-0.05, 0) is 29.7 Å². The van der Waals surface area contributed by atoms with E-state index in [1.165, 1.54) is 5.56 Å². The number of pyridine rings is 1. The summed E-state index contributed by atoms with van der Waals surface area (Å²) in [5.74, 6) is 1.47. The topological polar surface area (TPSA) is 54.9 Å². The smallest absolute Gasteiger partial charge is 0.257 e. The quantitative estimate of drug-likeness (QED) is 0.836. The Morgan fingerprint density at radius 2 is 2.04 bits per heavy atom. The molecule has 2 saturated heterocycles. The number of fused-ring (bicyclic) bond motifs is 3. The Morgan fingerprint density at radius 3 is 2.78 bits per heavy atom. The van der Waals surface area contributed by atoms with Gasteiger partial charge in [0.25, 0.3) is 5.88 Å². The first-order valence-corrected chi connectivity index (χ1v) is 9.52. The molecule has 2 bridgehead atoms. The zero-order chi connectivity index (χ0) is 18.4. The van der Waals surface area contributed by atoms with E-state index in [2.05, 4.69) is 34.1 Å². The second-order valence-corrected chi connectivity index (χ2v) is 7.61. The Labute approximate surface area is 158 Å². The number of piperazine rings is 1. The second-order valence-electron chi connectivity index (χ2n) is 7.61. The summed E-state index contributed by atoms with van der Waals surface area (Å²) in [5, 5.41) is 0. The summed E-state index contributed by atoms with van der Waals surface area (Å²) in [6.07, 6.45) is 2.69. The van der Waals surface area contributed by atoms with Crippen LogP contribution in [0.15, 0.2) is 42.6 Å². The molecule has 0 saturated carbocycles. The van der Waals surface area contributed by atoms with Crippen molar-refractivity contribution in [3.63, 3.8) is 0 Å². The predicted octanol–water partition coefficient (Wildman–Crippen LogP) is 2.40. The maximum absolute atomic E-state index is 11.6. The molecule has 1 aromatic carbocycles. The molecule has 27 heavy (non-hydrogen) atoms. The molecule has 6 nitrogen and oxygen atoms in total. The minimum Gasteiger partial charge on any atom is -0.484 e. The fourth-order valence-corrected chi connectivity index (χ4v) is 4.47. The van der Waals surface area contributed by atoms with E-state index in [9.17, 15) is 4.79 Å². The zero-order valence-electron chi connectivity index (χ0n) is 15.4. The Hall–Kier alpha value is -2.60. The number of ether oxygens (including phenoxy) is 2. The van der Waals surface area contributed by atoms with Gasteiger partial charge in [0, 0.05) is 44.8 Å². The van der Waals surface area contributed by atoms with Gasteiger partial charge in [0.05, 0.1) is 0 Å². The van der Waals surface area contributed by atoms with Crippen LogP contribution in [-0.2, 0) is 11.3 Å². The average molecular weight is 365 g/mol. The van der Waals surface area contributed by atoms with Crippen molar-refractivity contribution < 1.29 is 14.3 Å². The molecule has 0 spiro atoms. The molecule has 0 aliphatic carbocycles. The third kappa shape index (κ3) is 3.04. The third-order valence-electron chi connectivity index (χ3n) is 5.88. The van der Waals surface area contributed by atoms with Crippen molar-refractivity contribution in [2.24, 2.45) is 0 Å². The van der Waals surface area contributed by atoms with Gasteiger partial charge in [0.1, 0.15) is 6.61 Å². The first kappa shape index (κ1) is 16.6. The second kappa shape index (κ2) is 6.53. The van der Waals surface area contributed by atoms with Gasteiger partial charge in [-0.15, -0.1) is 0 Å². The van der Waals surface area contributed by atoms with E-state index in [4.69, 9.17) is 9.47 Å². The van der Waals surface area contributed by atoms with Crippen LogP contribution in [0.1, 0.15) is 30.6 Å². The molecule has 2 aromatic rings. The number of carbonyl (C=O) groups is 1. The van der Waals surface area contributed by atoms with Gasteiger partial charge < -0.3 is 14.4 Å². The third-order valence-corrected chi connectivity index (χ3v) is 5.88. The summed E-state index contributed by atoms with van der Waals surface area (Å²) in [6.45, 7) is 4.95. The number of rotatable bonds is 3. The van der Waals surface area contributed by atoms with E-state index in [-0.39, 0.29) is 12.0 Å². The van der Waals surface area contributed by atoms with Crippen LogP contribution in [0.2, 0.25) is 0 Å². The fraction of sp³-hybridized carbons (Fsp3) is 0.429. The number of likely N-dealkylation sites (tertiary alicyclic amines) is 2. The fourth-order valence-electron chi connectivity index (χ4n) is 4.47. The maximum Gasteiger partial charge on any atom is 0.257 e. The Morgan fingerprint density at radius 1 is 1.19 bits per heavy atom. The summed E-state index contributed by atoms with van der Waals surface area (Å²) in [5.41, 5.74) is 2.39. The van der Waals surface area contributed by atoms with E-state index in [1.54, 1.807) is 13.1 Å². The lowest BCUT2D eigenvalue weighted by molar-refractivity contribution is -0.131. The molecule has 0 N–H and O–H groups in total. The van der Waals surface area contributed by atoms with E-state index in [0.29, 0.717) is 30.3 Å². The predicted molar refractivity (Wildman–Crippen MR) is 99.5 cm³/mol. The van der Waals surface area contributed by atoms with Gasteiger partial charge in [-0.3, -0.25) is 9.69 Å². The van der Waals surface area contributed by atoms with Crippen LogP contribution in [-0.4, -0.2) is 52.5 Å². The summed E-state index contributed by atoms with van der Waals surface area (Å²) in [7, 11) is 0. The molecule has 4 heterocycles. The monoisotopic (exact) mass is 365 g/mol. The lowest BCUT2D eigenvalue weighted by atomic mass is 10.1. The van der Waals surface area contributed by atoms with Crippen molar-refractivity contribution in [3.05, 3.63) is 53.7 Å². The highest BCUT2D eigenvalue weighted by atomic mass is 16.6. The van der Waals surface area contributed by atoms with E-state index in [1.807, 2.05) is 17.0 Å². The highest BCUT2D eigenvalue weighted by Crippen LogP contribution is 2.35. The van der Waals surface area contributed by atoms with Crippen LogP contribution >= 0.6 is 0 Å². The van der Waals surface area contributed by atoms with Crippen LogP contribution in [0, 0.1) is 0 Å². The lowest BCUT2D eigenvalue weighted by Gasteiger charge is -2.33. The van der Waals surface area contributed by atoms with Gasteiger partial charge in [-0.1, -0.05) is 24.3 Å². The van der Waals surface area contributed by atoms with Gasteiger partial charge in [0.2, 0.25) is 5.91 Å². The molecule has 5 rings (SSSR count). The van der Waals surface area contributed by atoms with E-state index >= 15 is 0 Å². The molecule has 1 amide bonds. The summed E-state index contributed by atoms with van der Waals surface area (Å²) >= 11 is 0. The van der Waals surface area contributed by atoms with Gasteiger partial charge in [-0.25, -0.2) is 4.98 Å². The highest BCUT2D eigenvalue weighted by Gasteiger charge is 2.43. The van der Waals surface area contributed by atoms with Crippen molar-refractivity contribution in [2.75, 3.05) is 19.7 Å². The number of hydrogen-bond donors (Lipinski definition) is 0. The number of carbonyl (C=O) groups excluding carboxylic acids is 1. The SMILES string of the molecule is CC(=O)N1C[C@@H]2C[C@H]1CN2Cc1ccc([C@H]2COc3cccnc3O2)cc1. The molecule has 0 unspecified atom stereocenters. The molecule has 1 aromatic heterocycles. The number of aromatic nitrogens is 1. The van der Waals surface area contributed by atoms with Crippen molar-refractivity contribution in [1.82, 2.24) is 14.8 Å². The standard InChI is InChI=1S/C21H23N3O3/c1-14(25)24-12-17-9-18(24)11-23(17)10-15-4-6-16(7-5-15)20-13-26-19-3-2-8-22-21(19)27-20/h2-8,17-18,20H,9-13H2,1H3/t17-,18-,20+/m0/s1. The Balaban J connectivity index is 1.23. The molecule has 2 fully saturated rings. The maximum atomic E-state index is 11.6. The minimum absolute atomic E-state index is 0.131. The van der Waals surface area contributed by atoms with Crippen molar-refractivity contribution in [3.8, 4) is 11.6 Å². The van der Waals surface area contributed by atoms with Crippen LogP contribution in [0.25, 0.3) is 0 Å². The van der Waals surface area contributed by atoms with Gasteiger partial charge in [0.15, 0.2) is 11.9 Å². The van der Waals surface area contributed by atoms with Crippen LogP contribution in [0.4, 0.5) is 0 Å². The highest BCUT2D eigenvalue weighted by molar-refractivity contribution is 5.74. The summed E-state index contributed by atoms with van der Waals surface area (Å²) < 4.78 is 11.7. The van der Waals surface area contributed by atoms with Crippen molar-refractivity contribution >= 4 is 5.91 Å². The normalized spacial score (nSPS) is 26.4. The summed E-state index contributed by atoms with van der Waals surface area (Å²) in [6, 6.07) is 13.2. The van der Waals surface area contributed by atoms with Gasteiger partial charge >= 0.3 is 0 Å². The molecule has 3 aliphatic rings.